The van der Waals surface area contributed by atoms with E-state index in [1.807, 2.05) is 6.92 Å². The average molecular weight is 576 g/mol. The molecule has 0 heterocycles. The molecular weight excluding hydrogens is 542 g/mol. The smallest absolute Gasteiger partial charge is 0.411 e. The summed E-state index contributed by atoms with van der Waals surface area (Å²) in [7, 11) is 0. The summed E-state index contributed by atoms with van der Waals surface area (Å²) in [6, 6.07) is 18.8. The van der Waals surface area contributed by atoms with Gasteiger partial charge in [-0.25, -0.2) is 19.2 Å². The second-order valence-electron chi connectivity index (χ2n) is 8.89. The zero-order valence-corrected chi connectivity index (χ0v) is 23.3. The second-order valence-corrected chi connectivity index (χ2v) is 8.89. The number of esters is 3. The van der Waals surface area contributed by atoms with Crippen LogP contribution in [0.3, 0.4) is 0 Å². The number of hydrogen-bond donors (Lipinski definition) is 1. The highest BCUT2D eigenvalue weighted by atomic mass is 16.6. The van der Waals surface area contributed by atoms with E-state index in [0.29, 0.717) is 49.7 Å². The lowest BCUT2D eigenvalue weighted by atomic mass is 10.2. The van der Waals surface area contributed by atoms with E-state index in [1.165, 1.54) is 36.4 Å². The van der Waals surface area contributed by atoms with Gasteiger partial charge in [-0.05, 0) is 92.1 Å². The maximum Gasteiger partial charge on any atom is 0.411 e. The Balaban J connectivity index is 1.41. The molecule has 0 fully saturated rings. The number of benzene rings is 3. The Hall–Kier alpha value is -5.12. The number of anilines is 1. The van der Waals surface area contributed by atoms with Crippen molar-refractivity contribution < 1.29 is 42.9 Å². The number of amides is 1. The Labute approximate surface area is 244 Å². The van der Waals surface area contributed by atoms with Crippen LogP contribution in [0.15, 0.2) is 85.5 Å². The average Bonchev–Trinajstić information content (AvgIpc) is 3.00. The predicted octanol–water partition coefficient (Wildman–Crippen LogP) is 6.36. The number of unbranched alkanes of at least 4 members (excludes halogenated alkanes) is 2. The molecule has 3 aromatic carbocycles. The number of ether oxygens (including phenoxy) is 5. The van der Waals surface area contributed by atoms with E-state index in [2.05, 4.69) is 11.9 Å². The monoisotopic (exact) mass is 575 g/mol. The van der Waals surface area contributed by atoms with E-state index in [-0.39, 0.29) is 17.1 Å². The summed E-state index contributed by atoms with van der Waals surface area (Å²) in [5.74, 6) is -0.459. The largest absolute Gasteiger partial charge is 0.494 e. The van der Waals surface area contributed by atoms with E-state index in [1.54, 1.807) is 36.4 Å². The molecule has 42 heavy (non-hydrogen) atoms. The van der Waals surface area contributed by atoms with Gasteiger partial charge in [-0.2, -0.15) is 0 Å². The first kappa shape index (κ1) is 31.4. The fourth-order valence-corrected chi connectivity index (χ4v) is 3.37. The van der Waals surface area contributed by atoms with Crippen LogP contribution in [0.5, 0.6) is 17.2 Å². The summed E-state index contributed by atoms with van der Waals surface area (Å²) in [4.78, 5) is 47.7. The number of nitrogens with one attached hydrogen (secondary N) is 1. The summed E-state index contributed by atoms with van der Waals surface area (Å²) in [6.45, 7) is 6.41. The van der Waals surface area contributed by atoms with Crippen molar-refractivity contribution in [3.8, 4) is 17.2 Å². The van der Waals surface area contributed by atoms with Crippen molar-refractivity contribution in [3.63, 3.8) is 0 Å². The second kappa shape index (κ2) is 16.9. The van der Waals surface area contributed by atoms with Crippen LogP contribution < -0.4 is 19.5 Å². The van der Waals surface area contributed by atoms with Crippen LogP contribution in [-0.4, -0.2) is 43.8 Å². The van der Waals surface area contributed by atoms with Crippen molar-refractivity contribution in [2.45, 2.75) is 32.6 Å². The van der Waals surface area contributed by atoms with Crippen molar-refractivity contribution in [1.29, 1.82) is 0 Å². The molecule has 1 amide bonds. The maximum absolute atomic E-state index is 12.5. The molecule has 3 rings (SSSR count). The van der Waals surface area contributed by atoms with Crippen molar-refractivity contribution >= 4 is 29.7 Å². The molecule has 0 atom stereocenters. The third-order valence-corrected chi connectivity index (χ3v) is 5.65. The Morgan fingerprint density at radius 3 is 1.71 bits per heavy atom. The van der Waals surface area contributed by atoms with Gasteiger partial charge < -0.3 is 23.7 Å². The van der Waals surface area contributed by atoms with Gasteiger partial charge in [-0.15, -0.1) is 0 Å². The fourth-order valence-electron chi connectivity index (χ4n) is 3.37. The quantitative estimate of drug-likeness (QED) is 0.0953. The van der Waals surface area contributed by atoms with Gasteiger partial charge in [-0.3, -0.25) is 5.32 Å². The molecule has 0 unspecified atom stereocenters. The van der Waals surface area contributed by atoms with Crippen LogP contribution in [0, 0.1) is 0 Å². The highest BCUT2D eigenvalue weighted by Crippen LogP contribution is 2.21. The highest BCUT2D eigenvalue weighted by Gasteiger charge is 2.12. The third-order valence-electron chi connectivity index (χ3n) is 5.65. The van der Waals surface area contributed by atoms with Crippen molar-refractivity contribution in [3.05, 3.63) is 96.6 Å². The molecular formula is C32H33NO9. The molecule has 0 aliphatic rings. The molecule has 0 spiro atoms. The first-order chi connectivity index (χ1) is 20.4. The zero-order valence-electron chi connectivity index (χ0n) is 23.3. The molecule has 10 heteroatoms. The first-order valence-electron chi connectivity index (χ1n) is 13.5. The third kappa shape index (κ3) is 10.8. The lowest BCUT2D eigenvalue weighted by molar-refractivity contribution is -0.137. The minimum Gasteiger partial charge on any atom is -0.494 e. The lowest BCUT2D eigenvalue weighted by Gasteiger charge is -2.09. The molecule has 0 bridgehead atoms. The number of hydrogen-bond acceptors (Lipinski definition) is 9. The summed E-state index contributed by atoms with van der Waals surface area (Å²) < 4.78 is 26.4. The molecule has 1 N–H and O–H groups in total. The van der Waals surface area contributed by atoms with E-state index in [9.17, 15) is 19.2 Å². The number of rotatable bonds is 15. The van der Waals surface area contributed by atoms with Crippen LogP contribution in [-0.2, 0) is 14.3 Å². The molecule has 220 valence electrons. The van der Waals surface area contributed by atoms with Crippen LogP contribution in [0.25, 0.3) is 0 Å². The Kier molecular flexibility index (Phi) is 12.6. The van der Waals surface area contributed by atoms with Gasteiger partial charge in [0.1, 0.15) is 17.2 Å². The van der Waals surface area contributed by atoms with Crippen molar-refractivity contribution in [2.75, 3.05) is 25.1 Å². The normalized spacial score (nSPS) is 10.2. The Morgan fingerprint density at radius 1 is 0.667 bits per heavy atom. The number of carbonyl (C=O) groups is 4. The molecule has 0 saturated carbocycles. The Morgan fingerprint density at radius 2 is 1.17 bits per heavy atom. The molecule has 0 saturated heterocycles. The van der Waals surface area contributed by atoms with Crippen LogP contribution in [0.1, 0.15) is 53.3 Å². The van der Waals surface area contributed by atoms with Crippen molar-refractivity contribution in [1.82, 2.24) is 0 Å². The summed E-state index contributed by atoms with van der Waals surface area (Å²) in [6.07, 6.45) is 3.62. The van der Waals surface area contributed by atoms with Crippen molar-refractivity contribution in [2.24, 2.45) is 0 Å². The van der Waals surface area contributed by atoms with E-state index in [4.69, 9.17) is 23.7 Å². The number of carbonyl (C=O) groups excluding carboxylic acids is 4. The van der Waals surface area contributed by atoms with Crippen LogP contribution >= 0.6 is 0 Å². The molecule has 0 aromatic heterocycles. The minimum absolute atomic E-state index is 0.266. The summed E-state index contributed by atoms with van der Waals surface area (Å²) >= 11 is 0. The molecule has 0 radical (unpaired) electrons. The van der Waals surface area contributed by atoms with Crippen LogP contribution in [0.4, 0.5) is 10.5 Å². The zero-order chi connectivity index (χ0) is 30.2. The maximum atomic E-state index is 12.5. The van der Waals surface area contributed by atoms with E-state index in [0.717, 1.165) is 18.9 Å². The van der Waals surface area contributed by atoms with Gasteiger partial charge in [-0.1, -0.05) is 19.9 Å². The predicted molar refractivity (Wildman–Crippen MR) is 155 cm³/mol. The van der Waals surface area contributed by atoms with Gasteiger partial charge in [0.15, 0.2) is 0 Å². The van der Waals surface area contributed by atoms with E-state index < -0.39 is 24.0 Å². The lowest BCUT2D eigenvalue weighted by Crippen LogP contribution is -2.14. The summed E-state index contributed by atoms with van der Waals surface area (Å²) in [5.41, 5.74) is 1.11. The Bertz CT molecular complexity index is 1330. The minimum atomic E-state index is -0.588. The summed E-state index contributed by atoms with van der Waals surface area (Å²) in [5, 5.41) is 2.60. The van der Waals surface area contributed by atoms with Gasteiger partial charge >= 0.3 is 24.0 Å². The molecule has 10 nitrogen and oxygen atoms in total. The first-order valence-corrected chi connectivity index (χ1v) is 13.5. The molecule has 0 aliphatic carbocycles. The molecule has 3 aromatic rings. The fraction of sp³-hybridized carbons (Fsp3) is 0.250. The molecule has 0 aliphatic heterocycles. The highest BCUT2D eigenvalue weighted by molar-refractivity contribution is 5.93. The topological polar surface area (TPSA) is 126 Å². The standard InChI is InChI=1S/C32H33NO9/c1-3-5-20-40-32(37)33-25-12-8-23(9-13-25)30(35)41-27-16-18-28(19-17-27)42-31(36)24-10-14-26(15-11-24)38-21-6-7-22-39-29(34)4-2/h4,8-19H,2-3,5-7,20-22H2,1H3,(H,33,37). The SMILES string of the molecule is C=CC(=O)OCCCCOc1ccc(C(=O)Oc2ccc(OC(=O)c3ccc(NC(=O)OCCCC)cc3)cc2)cc1. The van der Waals surface area contributed by atoms with Crippen LogP contribution in [0.2, 0.25) is 0 Å². The van der Waals surface area contributed by atoms with Gasteiger partial charge in [0.25, 0.3) is 0 Å². The van der Waals surface area contributed by atoms with Gasteiger partial charge in [0.2, 0.25) is 0 Å². The van der Waals surface area contributed by atoms with Gasteiger partial charge in [0, 0.05) is 11.8 Å². The van der Waals surface area contributed by atoms with Gasteiger partial charge in [0.05, 0.1) is 30.9 Å². The van der Waals surface area contributed by atoms with E-state index >= 15 is 0 Å².